The maximum atomic E-state index is 12.9. The minimum atomic E-state index is -0.00304. The lowest BCUT2D eigenvalue weighted by Crippen LogP contribution is -2.48. The van der Waals surface area contributed by atoms with Crippen LogP contribution in [0, 0.1) is 0 Å². The van der Waals surface area contributed by atoms with Crippen molar-refractivity contribution in [3.05, 3.63) is 42.2 Å². The summed E-state index contributed by atoms with van der Waals surface area (Å²) in [6.07, 6.45) is 5.69. The van der Waals surface area contributed by atoms with E-state index < -0.39 is 0 Å². The number of carbonyl (C=O) groups excluding carboxylic acids is 1. The molecule has 0 saturated carbocycles. The van der Waals surface area contributed by atoms with Gasteiger partial charge in [0.25, 0.3) is 5.91 Å². The SMILES string of the molecule is CCC(C)N(CC)CCCOc1ccc(-n2cc(C(=O)N3C[C@@H](C)O[C@@H](C)C3)cn2)cc1. The molecule has 1 aliphatic heterocycles. The smallest absolute Gasteiger partial charge is 0.257 e. The van der Waals surface area contributed by atoms with Crippen molar-refractivity contribution in [1.82, 2.24) is 19.6 Å². The zero-order valence-corrected chi connectivity index (χ0v) is 20.2. The zero-order chi connectivity index (χ0) is 23.1. The van der Waals surface area contributed by atoms with Crippen molar-refractivity contribution in [3.63, 3.8) is 0 Å². The van der Waals surface area contributed by atoms with Crippen molar-refractivity contribution in [2.45, 2.75) is 65.7 Å². The molecule has 1 fully saturated rings. The summed E-state index contributed by atoms with van der Waals surface area (Å²) in [5.41, 5.74) is 1.49. The summed E-state index contributed by atoms with van der Waals surface area (Å²) in [6, 6.07) is 8.45. The Morgan fingerprint density at radius 3 is 2.53 bits per heavy atom. The maximum absolute atomic E-state index is 12.9. The molecule has 0 bridgehead atoms. The number of carbonyl (C=O) groups is 1. The summed E-state index contributed by atoms with van der Waals surface area (Å²) in [6.45, 7) is 14.7. The van der Waals surface area contributed by atoms with Crippen LogP contribution in [0.5, 0.6) is 5.75 Å². The maximum Gasteiger partial charge on any atom is 0.257 e. The molecule has 0 radical (unpaired) electrons. The van der Waals surface area contributed by atoms with Gasteiger partial charge in [0.15, 0.2) is 0 Å². The molecule has 1 amide bonds. The van der Waals surface area contributed by atoms with Crippen molar-refractivity contribution < 1.29 is 14.3 Å². The van der Waals surface area contributed by atoms with Gasteiger partial charge in [0.1, 0.15) is 5.75 Å². The van der Waals surface area contributed by atoms with Crippen molar-refractivity contribution >= 4 is 5.91 Å². The van der Waals surface area contributed by atoms with Gasteiger partial charge in [0.05, 0.1) is 36.3 Å². The lowest BCUT2D eigenvalue weighted by molar-refractivity contribution is -0.0586. The number of morpholine rings is 1. The number of hydrogen-bond donors (Lipinski definition) is 0. The van der Waals surface area contributed by atoms with E-state index in [2.05, 4.69) is 30.8 Å². The van der Waals surface area contributed by atoms with Crippen LogP contribution in [-0.2, 0) is 4.74 Å². The number of benzene rings is 1. The quantitative estimate of drug-likeness (QED) is 0.520. The molecule has 1 aliphatic rings. The van der Waals surface area contributed by atoms with E-state index in [0.717, 1.165) is 30.9 Å². The van der Waals surface area contributed by atoms with Crippen molar-refractivity contribution in [1.29, 1.82) is 0 Å². The predicted molar refractivity (Wildman–Crippen MR) is 127 cm³/mol. The molecule has 1 aromatic carbocycles. The van der Waals surface area contributed by atoms with Gasteiger partial charge < -0.3 is 19.3 Å². The molecule has 7 nitrogen and oxygen atoms in total. The summed E-state index contributed by atoms with van der Waals surface area (Å²) in [4.78, 5) is 17.2. The number of aromatic nitrogens is 2. The fourth-order valence-corrected chi connectivity index (χ4v) is 4.20. The molecule has 0 N–H and O–H groups in total. The van der Waals surface area contributed by atoms with Crippen molar-refractivity contribution in [2.24, 2.45) is 0 Å². The number of amides is 1. The van der Waals surface area contributed by atoms with Crippen LogP contribution in [0.15, 0.2) is 36.7 Å². The number of hydrogen-bond acceptors (Lipinski definition) is 5. The molecule has 7 heteroatoms. The molecule has 2 heterocycles. The van der Waals surface area contributed by atoms with Crippen LogP contribution in [0.2, 0.25) is 0 Å². The Hall–Kier alpha value is -2.38. The highest BCUT2D eigenvalue weighted by Crippen LogP contribution is 2.18. The third-order valence-electron chi connectivity index (χ3n) is 6.12. The minimum Gasteiger partial charge on any atom is -0.494 e. The average Bonchev–Trinajstić information content (AvgIpc) is 3.28. The molecule has 1 saturated heterocycles. The number of nitrogens with zero attached hydrogens (tertiary/aromatic N) is 4. The highest BCUT2D eigenvalue weighted by Gasteiger charge is 2.27. The third-order valence-corrected chi connectivity index (χ3v) is 6.12. The Morgan fingerprint density at radius 1 is 1.22 bits per heavy atom. The van der Waals surface area contributed by atoms with Gasteiger partial charge in [0.2, 0.25) is 0 Å². The lowest BCUT2D eigenvalue weighted by atomic mass is 10.2. The molecule has 1 unspecified atom stereocenters. The fourth-order valence-electron chi connectivity index (χ4n) is 4.20. The van der Waals surface area contributed by atoms with E-state index in [1.54, 1.807) is 17.1 Å². The van der Waals surface area contributed by atoms with Gasteiger partial charge in [-0.3, -0.25) is 4.79 Å². The first kappa shape index (κ1) is 24.3. The third kappa shape index (κ3) is 6.33. The molecule has 3 atom stereocenters. The van der Waals surface area contributed by atoms with Gasteiger partial charge in [-0.05, 0) is 64.4 Å². The Balaban J connectivity index is 1.52. The van der Waals surface area contributed by atoms with Gasteiger partial charge >= 0.3 is 0 Å². The van der Waals surface area contributed by atoms with Crippen molar-refractivity contribution in [2.75, 3.05) is 32.8 Å². The Kier molecular flexibility index (Phi) is 8.70. The van der Waals surface area contributed by atoms with Crippen LogP contribution in [0.3, 0.4) is 0 Å². The first-order valence-corrected chi connectivity index (χ1v) is 11.9. The van der Waals surface area contributed by atoms with Crippen molar-refractivity contribution in [3.8, 4) is 11.4 Å². The van der Waals surface area contributed by atoms with Crippen LogP contribution < -0.4 is 4.74 Å². The summed E-state index contributed by atoms with van der Waals surface area (Å²) >= 11 is 0. The Bertz CT molecular complexity index is 841. The molecular weight excluding hydrogens is 404 g/mol. The standard InChI is InChI=1S/C25H38N4O3/c1-6-19(3)27(7-2)13-8-14-31-24-11-9-23(10-12-24)29-18-22(15-26-29)25(30)28-16-20(4)32-21(5)17-28/h9-12,15,18-21H,6-8,13-14,16-17H2,1-5H3/t19?,20-,21+. The number of rotatable bonds is 10. The second-order valence-corrected chi connectivity index (χ2v) is 8.72. The average molecular weight is 443 g/mol. The number of ether oxygens (including phenoxy) is 2. The predicted octanol–water partition coefficient (Wildman–Crippen LogP) is 4.01. The van der Waals surface area contributed by atoms with Gasteiger partial charge in [0, 0.05) is 31.9 Å². The van der Waals surface area contributed by atoms with Crippen LogP contribution >= 0.6 is 0 Å². The molecule has 32 heavy (non-hydrogen) atoms. The lowest BCUT2D eigenvalue weighted by Gasteiger charge is -2.35. The first-order valence-electron chi connectivity index (χ1n) is 11.9. The zero-order valence-electron chi connectivity index (χ0n) is 20.2. The van der Waals surface area contributed by atoms with Gasteiger partial charge in [-0.2, -0.15) is 5.10 Å². The second kappa shape index (κ2) is 11.5. The highest BCUT2D eigenvalue weighted by molar-refractivity contribution is 5.94. The molecule has 176 valence electrons. The highest BCUT2D eigenvalue weighted by atomic mass is 16.5. The van der Waals surface area contributed by atoms with Gasteiger partial charge in [-0.25, -0.2) is 4.68 Å². The molecule has 0 spiro atoms. The van der Waals surface area contributed by atoms with E-state index >= 15 is 0 Å². The van der Waals surface area contributed by atoms with Crippen LogP contribution in [-0.4, -0.2) is 76.5 Å². The fraction of sp³-hybridized carbons (Fsp3) is 0.600. The van der Waals surface area contributed by atoms with E-state index in [1.807, 2.05) is 43.0 Å². The second-order valence-electron chi connectivity index (χ2n) is 8.72. The van der Waals surface area contributed by atoms with Crippen LogP contribution in [0.25, 0.3) is 5.69 Å². The molecular formula is C25H38N4O3. The largest absolute Gasteiger partial charge is 0.494 e. The Labute approximate surface area is 192 Å². The minimum absolute atomic E-state index is 0.00304. The van der Waals surface area contributed by atoms with Gasteiger partial charge in [-0.1, -0.05) is 13.8 Å². The normalized spacial score (nSPS) is 19.9. The molecule has 0 aliphatic carbocycles. The molecule has 3 rings (SSSR count). The van der Waals surface area contributed by atoms with Crippen LogP contribution in [0.1, 0.15) is 57.8 Å². The van der Waals surface area contributed by atoms with Crippen LogP contribution in [0.4, 0.5) is 0 Å². The van der Waals surface area contributed by atoms with E-state index in [0.29, 0.717) is 31.3 Å². The molecule has 2 aromatic rings. The van der Waals surface area contributed by atoms with E-state index in [9.17, 15) is 4.79 Å². The summed E-state index contributed by atoms with van der Waals surface area (Å²) in [7, 11) is 0. The Morgan fingerprint density at radius 2 is 1.91 bits per heavy atom. The topological polar surface area (TPSA) is 59.8 Å². The van der Waals surface area contributed by atoms with E-state index in [-0.39, 0.29) is 18.1 Å². The summed E-state index contributed by atoms with van der Waals surface area (Å²) in [5, 5.41) is 4.39. The first-order chi connectivity index (χ1) is 15.4. The van der Waals surface area contributed by atoms with Gasteiger partial charge in [-0.15, -0.1) is 0 Å². The molecule has 1 aromatic heterocycles. The summed E-state index contributed by atoms with van der Waals surface area (Å²) < 4.78 is 13.4. The van der Waals surface area contributed by atoms with E-state index in [1.165, 1.54) is 6.42 Å². The summed E-state index contributed by atoms with van der Waals surface area (Å²) in [5.74, 6) is 0.844. The van der Waals surface area contributed by atoms with E-state index in [4.69, 9.17) is 9.47 Å². The monoisotopic (exact) mass is 442 g/mol.